The SMILES string of the molecule is CCOC(=O)N1CCC(C)CC1C. The minimum Gasteiger partial charge on any atom is -0.450 e. The zero-order chi connectivity index (χ0) is 9.84. The molecule has 1 heterocycles. The van der Waals surface area contributed by atoms with Gasteiger partial charge in [0, 0.05) is 12.6 Å². The molecule has 1 fully saturated rings. The number of carbonyl (C=O) groups excluding carboxylic acids is 1. The summed E-state index contributed by atoms with van der Waals surface area (Å²) in [7, 11) is 0. The van der Waals surface area contributed by atoms with Crippen molar-refractivity contribution < 1.29 is 9.53 Å². The predicted octanol–water partition coefficient (Wildman–Crippen LogP) is 2.26. The first-order valence-electron chi connectivity index (χ1n) is 5.08. The minimum atomic E-state index is -0.151. The molecular weight excluding hydrogens is 166 g/mol. The number of ether oxygens (including phenoxy) is 1. The summed E-state index contributed by atoms with van der Waals surface area (Å²) < 4.78 is 4.97. The largest absolute Gasteiger partial charge is 0.450 e. The van der Waals surface area contributed by atoms with Crippen LogP contribution in [0, 0.1) is 5.92 Å². The molecule has 2 unspecified atom stereocenters. The minimum absolute atomic E-state index is 0.151. The van der Waals surface area contributed by atoms with Crippen LogP contribution in [0.3, 0.4) is 0 Å². The summed E-state index contributed by atoms with van der Waals surface area (Å²) in [4.78, 5) is 13.3. The Morgan fingerprint density at radius 3 is 2.77 bits per heavy atom. The van der Waals surface area contributed by atoms with Gasteiger partial charge in [-0.05, 0) is 32.6 Å². The molecular formula is C10H19NO2. The number of carbonyl (C=O) groups is 1. The van der Waals surface area contributed by atoms with Gasteiger partial charge >= 0.3 is 6.09 Å². The molecule has 13 heavy (non-hydrogen) atoms. The second-order valence-corrected chi connectivity index (χ2v) is 3.87. The third kappa shape index (κ3) is 2.61. The Labute approximate surface area is 80.1 Å². The van der Waals surface area contributed by atoms with E-state index in [-0.39, 0.29) is 6.09 Å². The molecule has 1 aliphatic heterocycles. The molecule has 0 radical (unpaired) electrons. The number of amides is 1. The van der Waals surface area contributed by atoms with Gasteiger partial charge in [-0.3, -0.25) is 0 Å². The number of rotatable bonds is 1. The van der Waals surface area contributed by atoms with Crippen molar-refractivity contribution in [3.8, 4) is 0 Å². The number of hydrogen-bond acceptors (Lipinski definition) is 2. The van der Waals surface area contributed by atoms with E-state index in [0.717, 1.165) is 25.3 Å². The molecule has 1 aliphatic rings. The summed E-state index contributed by atoms with van der Waals surface area (Å²) in [6, 6.07) is 0.336. The molecule has 3 nitrogen and oxygen atoms in total. The van der Waals surface area contributed by atoms with Crippen LogP contribution in [-0.2, 0) is 4.74 Å². The van der Waals surface area contributed by atoms with E-state index < -0.39 is 0 Å². The first-order valence-corrected chi connectivity index (χ1v) is 5.08. The second kappa shape index (κ2) is 4.49. The van der Waals surface area contributed by atoms with Crippen molar-refractivity contribution in [1.29, 1.82) is 0 Å². The van der Waals surface area contributed by atoms with Crippen molar-refractivity contribution in [2.45, 2.75) is 39.7 Å². The molecule has 0 aromatic rings. The van der Waals surface area contributed by atoms with Crippen molar-refractivity contribution in [3.05, 3.63) is 0 Å². The molecule has 76 valence electrons. The maximum atomic E-state index is 11.4. The van der Waals surface area contributed by atoms with Crippen LogP contribution >= 0.6 is 0 Å². The van der Waals surface area contributed by atoms with Gasteiger partial charge in [-0.15, -0.1) is 0 Å². The summed E-state index contributed by atoms with van der Waals surface area (Å²) in [6.45, 7) is 7.49. The van der Waals surface area contributed by atoms with Crippen LogP contribution in [0.25, 0.3) is 0 Å². The van der Waals surface area contributed by atoms with Crippen molar-refractivity contribution in [1.82, 2.24) is 4.90 Å². The highest BCUT2D eigenvalue weighted by atomic mass is 16.6. The standard InChI is InChI=1S/C10H19NO2/c1-4-13-10(12)11-6-5-8(2)7-9(11)3/h8-9H,4-7H2,1-3H3. The fraction of sp³-hybridized carbons (Fsp3) is 0.900. The maximum Gasteiger partial charge on any atom is 0.409 e. The Kier molecular flexibility index (Phi) is 3.58. The highest BCUT2D eigenvalue weighted by Gasteiger charge is 2.27. The van der Waals surface area contributed by atoms with E-state index in [9.17, 15) is 4.79 Å². The topological polar surface area (TPSA) is 29.5 Å². The molecule has 0 spiro atoms. The lowest BCUT2D eigenvalue weighted by Gasteiger charge is -2.35. The van der Waals surface area contributed by atoms with Crippen molar-refractivity contribution in [2.75, 3.05) is 13.2 Å². The summed E-state index contributed by atoms with van der Waals surface area (Å²) >= 11 is 0. The van der Waals surface area contributed by atoms with Crippen LogP contribution in [0.4, 0.5) is 4.79 Å². The Balaban J connectivity index is 2.45. The molecule has 0 aromatic heterocycles. The van der Waals surface area contributed by atoms with E-state index in [1.54, 1.807) is 0 Å². The van der Waals surface area contributed by atoms with E-state index in [1.807, 2.05) is 11.8 Å². The van der Waals surface area contributed by atoms with Crippen LogP contribution in [-0.4, -0.2) is 30.2 Å². The summed E-state index contributed by atoms with van der Waals surface area (Å²) in [5.41, 5.74) is 0. The number of piperidine rings is 1. The monoisotopic (exact) mass is 185 g/mol. The zero-order valence-corrected chi connectivity index (χ0v) is 8.75. The molecule has 0 N–H and O–H groups in total. The summed E-state index contributed by atoms with van der Waals surface area (Å²) in [5, 5.41) is 0. The van der Waals surface area contributed by atoms with Gasteiger partial charge in [-0.2, -0.15) is 0 Å². The fourth-order valence-corrected chi connectivity index (χ4v) is 1.88. The van der Waals surface area contributed by atoms with Crippen LogP contribution in [0.15, 0.2) is 0 Å². The molecule has 0 saturated carbocycles. The van der Waals surface area contributed by atoms with Crippen molar-refractivity contribution >= 4 is 6.09 Å². The van der Waals surface area contributed by atoms with Crippen LogP contribution in [0.5, 0.6) is 0 Å². The average molecular weight is 185 g/mol. The summed E-state index contributed by atoms with van der Waals surface area (Å²) in [6.07, 6.45) is 2.05. The molecule has 0 aromatic carbocycles. The van der Waals surface area contributed by atoms with Gasteiger partial charge in [-0.1, -0.05) is 6.92 Å². The summed E-state index contributed by atoms with van der Waals surface area (Å²) in [5.74, 6) is 0.737. The molecule has 0 aliphatic carbocycles. The first-order chi connectivity index (χ1) is 6.15. The first kappa shape index (κ1) is 10.4. The predicted molar refractivity (Wildman–Crippen MR) is 51.6 cm³/mol. The molecule has 1 saturated heterocycles. The van der Waals surface area contributed by atoms with Gasteiger partial charge < -0.3 is 9.64 Å². The van der Waals surface area contributed by atoms with Crippen molar-refractivity contribution in [2.24, 2.45) is 5.92 Å². The smallest absolute Gasteiger partial charge is 0.409 e. The van der Waals surface area contributed by atoms with Gasteiger partial charge in [0.1, 0.15) is 0 Å². The van der Waals surface area contributed by atoms with E-state index in [4.69, 9.17) is 4.74 Å². The van der Waals surface area contributed by atoms with E-state index in [2.05, 4.69) is 13.8 Å². The number of nitrogens with zero attached hydrogens (tertiary/aromatic N) is 1. The highest BCUT2D eigenvalue weighted by Crippen LogP contribution is 2.22. The van der Waals surface area contributed by atoms with Crippen LogP contribution in [0.2, 0.25) is 0 Å². The highest BCUT2D eigenvalue weighted by molar-refractivity contribution is 5.68. The lowest BCUT2D eigenvalue weighted by Crippen LogP contribution is -2.44. The molecule has 3 heteroatoms. The van der Waals surface area contributed by atoms with E-state index in [1.165, 1.54) is 0 Å². The van der Waals surface area contributed by atoms with Gasteiger partial charge in [0.25, 0.3) is 0 Å². The Hall–Kier alpha value is -0.730. The molecule has 1 amide bonds. The average Bonchev–Trinajstić information content (AvgIpc) is 2.04. The normalized spacial score (nSPS) is 28.7. The van der Waals surface area contributed by atoms with E-state index in [0.29, 0.717) is 12.6 Å². The Morgan fingerprint density at radius 1 is 1.54 bits per heavy atom. The van der Waals surface area contributed by atoms with Crippen molar-refractivity contribution in [3.63, 3.8) is 0 Å². The molecule has 2 atom stereocenters. The molecule has 1 rings (SSSR count). The quantitative estimate of drug-likeness (QED) is 0.627. The van der Waals surface area contributed by atoms with Crippen LogP contribution in [0.1, 0.15) is 33.6 Å². The maximum absolute atomic E-state index is 11.4. The van der Waals surface area contributed by atoms with Gasteiger partial charge in [0.05, 0.1) is 6.61 Å². The Morgan fingerprint density at radius 2 is 2.23 bits per heavy atom. The van der Waals surface area contributed by atoms with Crippen LogP contribution < -0.4 is 0 Å². The van der Waals surface area contributed by atoms with Gasteiger partial charge in [0.2, 0.25) is 0 Å². The number of hydrogen-bond donors (Lipinski definition) is 0. The lowest BCUT2D eigenvalue weighted by molar-refractivity contribution is 0.0718. The lowest BCUT2D eigenvalue weighted by atomic mass is 9.94. The van der Waals surface area contributed by atoms with Gasteiger partial charge in [-0.25, -0.2) is 4.79 Å². The second-order valence-electron chi connectivity index (χ2n) is 3.87. The Bertz CT molecular complexity index is 182. The number of likely N-dealkylation sites (tertiary alicyclic amines) is 1. The van der Waals surface area contributed by atoms with E-state index >= 15 is 0 Å². The van der Waals surface area contributed by atoms with Gasteiger partial charge in [0.15, 0.2) is 0 Å². The molecule has 0 bridgehead atoms. The fourth-order valence-electron chi connectivity index (χ4n) is 1.88. The zero-order valence-electron chi connectivity index (χ0n) is 8.75. The third-order valence-corrected chi connectivity index (χ3v) is 2.64. The third-order valence-electron chi connectivity index (χ3n) is 2.64.